The maximum atomic E-state index is 6.08. The van der Waals surface area contributed by atoms with Crippen LogP contribution in [0.25, 0.3) is 0 Å². The first-order chi connectivity index (χ1) is 5.91. The third kappa shape index (κ3) is 3.49. The molecule has 1 nitrogen and oxygen atoms in total. The van der Waals surface area contributed by atoms with Gasteiger partial charge in [-0.05, 0) is 23.1 Å². The molecule has 14 heavy (non-hydrogen) atoms. The van der Waals surface area contributed by atoms with Gasteiger partial charge in [0, 0.05) is 11.1 Å². The normalized spacial score (nSPS) is 13.2. The molecule has 1 aromatic rings. The van der Waals surface area contributed by atoms with Gasteiger partial charge in [0.1, 0.15) is 0 Å². The van der Waals surface area contributed by atoms with Crippen LogP contribution in [0.2, 0.25) is 5.02 Å². The quantitative estimate of drug-likeness (QED) is 0.785. The van der Waals surface area contributed by atoms with E-state index in [1.807, 2.05) is 24.3 Å². The average Bonchev–Trinajstić information content (AvgIpc) is 2.03. The fourth-order valence-corrected chi connectivity index (χ4v) is 1.30. The third-order valence-corrected chi connectivity index (χ3v) is 2.41. The Morgan fingerprint density at radius 1 is 1.14 bits per heavy atom. The molecule has 0 aromatic heterocycles. The molecule has 0 bridgehead atoms. The number of rotatable bonds is 1. The van der Waals surface area contributed by atoms with Crippen LogP contribution in [-0.4, -0.2) is 0 Å². The Kier molecular flexibility index (Phi) is 4.93. The predicted octanol–water partition coefficient (Wildman–Crippen LogP) is 3.81. The first kappa shape index (κ1) is 13.8. The lowest BCUT2D eigenvalue weighted by Crippen LogP contribution is -2.26. The maximum Gasteiger partial charge on any atom is 0.0406 e. The summed E-state index contributed by atoms with van der Waals surface area (Å²) in [4.78, 5) is 0. The standard InChI is InChI=1S/C11H16ClN.ClH/c1-11(2,3)10(13)8-4-6-9(12)7-5-8;/h4-7,10H,13H2,1-3H3;1H/t10-;/m1./s1. The van der Waals surface area contributed by atoms with E-state index in [0.717, 1.165) is 10.6 Å². The number of nitrogens with two attached hydrogens (primary N) is 1. The summed E-state index contributed by atoms with van der Waals surface area (Å²) in [7, 11) is 0. The molecule has 1 aromatic carbocycles. The van der Waals surface area contributed by atoms with Crippen LogP contribution in [-0.2, 0) is 0 Å². The molecule has 1 rings (SSSR count). The van der Waals surface area contributed by atoms with E-state index >= 15 is 0 Å². The van der Waals surface area contributed by atoms with Crippen LogP contribution in [0.3, 0.4) is 0 Å². The molecule has 0 saturated carbocycles. The van der Waals surface area contributed by atoms with Crippen molar-refractivity contribution in [2.24, 2.45) is 11.1 Å². The zero-order valence-electron chi connectivity index (χ0n) is 8.75. The molecule has 0 aliphatic rings. The van der Waals surface area contributed by atoms with Gasteiger partial charge in [-0.25, -0.2) is 0 Å². The van der Waals surface area contributed by atoms with Crippen LogP contribution in [0, 0.1) is 5.41 Å². The first-order valence-corrected chi connectivity index (χ1v) is 4.80. The minimum atomic E-state index is 0. The predicted molar refractivity (Wildman–Crippen MR) is 65.1 cm³/mol. The van der Waals surface area contributed by atoms with E-state index in [1.165, 1.54) is 0 Å². The van der Waals surface area contributed by atoms with Crippen LogP contribution < -0.4 is 5.73 Å². The van der Waals surface area contributed by atoms with Crippen LogP contribution in [0.4, 0.5) is 0 Å². The molecule has 0 radical (unpaired) electrons. The highest BCUT2D eigenvalue weighted by molar-refractivity contribution is 6.30. The largest absolute Gasteiger partial charge is 0.324 e. The topological polar surface area (TPSA) is 26.0 Å². The zero-order valence-corrected chi connectivity index (χ0v) is 10.3. The summed E-state index contributed by atoms with van der Waals surface area (Å²) in [6.45, 7) is 6.39. The molecule has 0 amide bonds. The zero-order chi connectivity index (χ0) is 10.1. The fraction of sp³-hybridized carbons (Fsp3) is 0.455. The molecule has 1 atom stereocenters. The van der Waals surface area contributed by atoms with Crippen molar-refractivity contribution in [1.82, 2.24) is 0 Å². The molecule has 0 aliphatic carbocycles. The van der Waals surface area contributed by atoms with Gasteiger partial charge in [-0.2, -0.15) is 0 Å². The van der Waals surface area contributed by atoms with Crippen molar-refractivity contribution in [1.29, 1.82) is 0 Å². The van der Waals surface area contributed by atoms with Crippen molar-refractivity contribution in [2.75, 3.05) is 0 Å². The van der Waals surface area contributed by atoms with Crippen LogP contribution in [0.1, 0.15) is 32.4 Å². The summed E-state index contributed by atoms with van der Waals surface area (Å²) in [5.41, 5.74) is 7.31. The highest BCUT2D eigenvalue weighted by Crippen LogP contribution is 2.30. The van der Waals surface area contributed by atoms with Crippen LogP contribution >= 0.6 is 24.0 Å². The molecule has 0 unspecified atom stereocenters. The molecule has 0 spiro atoms. The van der Waals surface area contributed by atoms with E-state index < -0.39 is 0 Å². The number of hydrogen-bond acceptors (Lipinski definition) is 1. The molecule has 2 N–H and O–H groups in total. The third-order valence-electron chi connectivity index (χ3n) is 2.16. The lowest BCUT2D eigenvalue weighted by molar-refractivity contribution is 0.327. The van der Waals surface area contributed by atoms with E-state index in [9.17, 15) is 0 Å². The van der Waals surface area contributed by atoms with Gasteiger partial charge in [0.25, 0.3) is 0 Å². The van der Waals surface area contributed by atoms with E-state index in [4.69, 9.17) is 17.3 Å². The summed E-state index contributed by atoms with van der Waals surface area (Å²) in [6, 6.07) is 7.78. The van der Waals surface area contributed by atoms with Crippen LogP contribution in [0.5, 0.6) is 0 Å². The minimum Gasteiger partial charge on any atom is -0.324 e. The van der Waals surface area contributed by atoms with Crippen molar-refractivity contribution in [2.45, 2.75) is 26.8 Å². The Morgan fingerprint density at radius 2 is 1.57 bits per heavy atom. The number of benzene rings is 1. The lowest BCUT2D eigenvalue weighted by atomic mass is 9.83. The van der Waals surface area contributed by atoms with Gasteiger partial charge >= 0.3 is 0 Å². The van der Waals surface area contributed by atoms with Gasteiger partial charge in [0.15, 0.2) is 0 Å². The van der Waals surface area contributed by atoms with Crippen molar-refractivity contribution in [3.8, 4) is 0 Å². The Labute approximate surface area is 97.1 Å². The lowest BCUT2D eigenvalue weighted by Gasteiger charge is -2.27. The molecular formula is C11H17Cl2N. The molecule has 3 heteroatoms. The van der Waals surface area contributed by atoms with E-state index in [1.54, 1.807) is 0 Å². The fourth-order valence-electron chi connectivity index (χ4n) is 1.17. The van der Waals surface area contributed by atoms with E-state index in [0.29, 0.717) is 0 Å². The Bertz CT molecular complexity index is 274. The molecule has 80 valence electrons. The smallest absolute Gasteiger partial charge is 0.0406 e. The van der Waals surface area contributed by atoms with E-state index in [-0.39, 0.29) is 23.9 Å². The second-order valence-electron chi connectivity index (χ2n) is 4.40. The summed E-state index contributed by atoms with van der Waals surface area (Å²) in [5, 5.41) is 0.754. The maximum absolute atomic E-state index is 6.08. The minimum absolute atomic E-state index is 0. The van der Waals surface area contributed by atoms with Gasteiger partial charge < -0.3 is 5.73 Å². The Morgan fingerprint density at radius 3 is 1.93 bits per heavy atom. The Hall–Kier alpha value is -0.240. The second kappa shape index (κ2) is 5.01. The Balaban J connectivity index is 0.00000169. The van der Waals surface area contributed by atoms with Gasteiger partial charge in [0.05, 0.1) is 0 Å². The highest BCUT2D eigenvalue weighted by atomic mass is 35.5. The first-order valence-electron chi connectivity index (χ1n) is 4.42. The van der Waals surface area contributed by atoms with Crippen molar-refractivity contribution in [3.63, 3.8) is 0 Å². The number of halogens is 2. The summed E-state index contributed by atoms with van der Waals surface area (Å²) < 4.78 is 0. The average molecular weight is 234 g/mol. The second-order valence-corrected chi connectivity index (χ2v) is 4.83. The van der Waals surface area contributed by atoms with Crippen molar-refractivity contribution < 1.29 is 0 Å². The monoisotopic (exact) mass is 233 g/mol. The molecular weight excluding hydrogens is 217 g/mol. The molecule has 0 fully saturated rings. The summed E-state index contributed by atoms with van der Waals surface area (Å²) >= 11 is 5.79. The van der Waals surface area contributed by atoms with Gasteiger partial charge in [-0.15, -0.1) is 12.4 Å². The molecule has 0 aliphatic heterocycles. The SMILES string of the molecule is CC(C)(C)[C@H](N)c1ccc(Cl)cc1.Cl. The number of hydrogen-bond donors (Lipinski definition) is 1. The van der Waals surface area contributed by atoms with Gasteiger partial charge in [-0.1, -0.05) is 44.5 Å². The van der Waals surface area contributed by atoms with E-state index in [2.05, 4.69) is 20.8 Å². The van der Waals surface area contributed by atoms with Gasteiger partial charge in [0.2, 0.25) is 0 Å². The van der Waals surface area contributed by atoms with Crippen LogP contribution in [0.15, 0.2) is 24.3 Å². The highest BCUT2D eigenvalue weighted by Gasteiger charge is 2.21. The molecule has 0 saturated heterocycles. The molecule has 0 heterocycles. The van der Waals surface area contributed by atoms with Gasteiger partial charge in [-0.3, -0.25) is 0 Å². The summed E-state index contributed by atoms with van der Waals surface area (Å²) in [5.74, 6) is 0. The summed E-state index contributed by atoms with van der Waals surface area (Å²) in [6.07, 6.45) is 0. The van der Waals surface area contributed by atoms with Crippen molar-refractivity contribution >= 4 is 24.0 Å². The van der Waals surface area contributed by atoms with Crippen molar-refractivity contribution in [3.05, 3.63) is 34.9 Å².